The van der Waals surface area contributed by atoms with Crippen LogP contribution >= 0.6 is 0 Å². The van der Waals surface area contributed by atoms with Crippen LogP contribution in [-0.2, 0) is 11.3 Å². The maximum atomic E-state index is 11.8. The number of aromatic nitrogens is 2. The molecule has 0 saturated heterocycles. The lowest BCUT2D eigenvalue weighted by molar-refractivity contribution is -0.386. The highest BCUT2D eigenvalue weighted by atomic mass is 16.6. The Kier molecular flexibility index (Phi) is 5.65. The van der Waals surface area contributed by atoms with E-state index >= 15 is 0 Å². The molecule has 1 rings (SSSR count). The van der Waals surface area contributed by atoms with E-state index in [1.807, 2.05) is 13.8 Å². The Morgan fingerprint density at radius 1 is 1.50 bits per heavy atom. The molecule has 0 spiro atoms. The Morgan fingerprint density at radius 2 is 2.09 bits per heavy atom. The molecule has 0 bridgehead atoms. The van der Waals surface area contributed by atoms with Crippen molar-refractivity contribution in [1.29, 1.82) is 0 Å². The van der Waals surface area contributed by atoms with Crippen LogP contribution in [0.1, 0.15) is 38.6 Å². The highest BCUT2D eigenvalue weighted by Gasteiger charge is 2.25. The zero-order valence-electron chi connectivity index (χ0n) is 13.7. The first-order valence-electron chi connectivity index (χ1n) is 7.23. The van der Waals surface area contributed by atoms with Gasteiger partial charge in [-0.3, -0.25) is 19.6 Å². The van der Waals surface area contributed by atoms with Crippen LogP contribution in [0.3, 0.4) is 0 Å². The first-order chi connectivity index (χ1) is 10.1. The third-order valence-corrected chi connectivity index (χ3v) is 3.96. The first-order valence-corrected chi connectivity index (χ1v) is 7.23. The van der Waals surface area contributed by atoms with Crippen LogP contribution in [0.2, 0.25) is 0 Å². The fourth-order valence-electron chi connectivity index (χ4n) is 1.95. The second-order valence-electron chi connectivity index (χ2n) is 6.04. The van der Waals surface area contributed by atoms with E-state index in [0.29, 0.717) is 11.4 Å². The Bertz CT molecular complexity index is 563. The summed E-state index contributed by atoms with van der Waals surface area (Å²) < 4.78 is 1.47. The molecule has 0 aliphatic rings. The molecule has 8 heteroatoms. The smallest absolute Gasteiger partial charge is 0.312 e. The molecule has 0 saturated carbocycles. The van der Waals surface area contributed by atoms with Crippen LogP contribution in [0.15, 0.2) is 0 Å². The Labute approximate surface area is 129 Å². The minimum Gasteiger partial charge on any atom is -0.388 e. The van der Waals surface area contributed by atoms with Crippen molar-refractivity contribution < 1.29 is 14.8 Å². The van der Waals surface area contributed by atoms with Gasteiger partial charge in [-0.2, -0.15) is 5.10 Å². The number of nitrogens with one attached hydrogen (secondary N) is 1. The quantitative estimate of drug-likeness (QED) is 0.583. The summed E-state index contributed by atoms with van der Waals surface area (Å²) in [4.78, 5) is 22.3. The zero-order chi connectivity index (χ0) is 17.1. The van der Waals surface area contributed by atoms with Gasteiger partial charge < -0.3 is 10.4 Å². The molecule has 0 aliphatic heterocycles. The van der Waals surface area contributed by atoms with Crippen molar-refractivity contribution in [3.05, 3.63) is 21.5 Å². The number of carbonyl (C=O) groups excluding carboxylic acids is 1. The van der Waals surface area contributed by atoms with Crippen LogP contribution in [0.25, 0.3) is 0 Å². The van der Waals surface area contributed by atoms with Gasteiger partial charge in [0.15, 0.2) is 0 Å². The lowest BCUT2D eigenvalue weighted by Gasteiger charge is -2.27. The number of nitrogens with zero attached hydrogens (tertiary/aromatic N) is 3. The average Bonchev–Trinajstić information content (AvgIpc) is 2.68. The van der Waals surface area contributed by atoms with Gasteiger partial charge in [0.2, 0.25) is 5.91 Å². The largest absolute Gasteiger partial charge is 0.388 e. The first kappa shape index (κ1) is 18.1. The lowest BCUT2D eigenvalue weighted by Crippen LogP contribution is -2.44. The van der Waals surface area contributed by atoms with Gasteiger partial charge in [-0.25, -0.2) is 0 Å². The monoisotopic (exact) mass is 312 g/mol. The second-order valence-corrected chi connectivity index (χ2v) is 6.04. The molecule has 0 aliphatic carbocycles. The number of aryl methyl sites for hydroxylation is 2. The van der Waals surface area contributed by atoms with E-state index in [1.165, 1.54) is 4.68 Å². The minimum atomic E-state index is -0.966. The molecule has 1 unspecified atom stereocenters. The van der Waals surface area contributed by atoms with Gasteiger partial charge in [-0.1, -0.05) is 13.8 Å². The van der Waals surface area contributed by atoms with E-state index in [2.05, 4.69) is 10.4 Å². The lowest BCUT2D eigenvalue weighted by atomic mass is 9.92. The summed E-state index contributed by atoms with van der Waals surface area (Å²) >= 11 is 0. The predicted molar refractivity (Wildman–Crippen MR) is 81.4 cm³/mol. The Hall–Kier alpha value is -1.96. The summed E-state index contributed by atoms with van der Waals surface area (Å²) in [6.45, 7) is 9.03. The normalized spacial score (nSPS) is 14.0. The molecule has 0 radical (unpaired) electrons. The summed E-state index contributed by atoms with van der Waals surface area (Å²) in [5.74, 6) is -0.206. The van der Waals surface area contributed by atoms with E-state index in [-0.39, 0.29) is 37.0 Å². The molecule has 1 aromatic heterocycles. The summed E-state index contributed by atoms with van der Waals surface area (Å²) in [6.07, 6.45) is 0.146. The molecule has 1 amide bonds. The number of hydrogen-bond donors (Lipinski definition) is 2. The van der Waals surface area contributed by atoms with Gasteiger partial charge in [0.05, 0.1) is 17.1 Å². The topological polar surface area (TPSA) is 110 Å². The molecule has 2 N–H and O–H groups in total. The number of carbonyl (C=O) groups is 1. The summed E-state index contributed by atoms with van der Waals surface area (Å²) in [6, 6.07) is 0. The molecular weight excluding hydrogens is 288 g/mol. The zero-order valence-corrected chi connectivity index (χ0v) is 13.7. The molecule has 124 valence electrons. The van der Waals surface area contributed by atoms with Gasteiger partial charge in [-0.15, -0.1) is 0 Å². The molecule has 1 heterocycles. The van der Waals surface area contributed by atoms with Crippen molar-refractivity contribution in [1.82, 2.24) is 15.1 Å². The average molecular weight is 312 g/mol. The van der Waals surface area contributed by atoms with Gasteiger partial charge in [0.1, 0.15) is 11.4 Å². The molecule has 8 nitrogen and oxygen atoms in total. The Balaban J connectivity index is 2.59. The van der Waals surface area contributed by atoms with E-state index in [9.17, 15) is 20.0 Å². The fourth-order valence-corrected chi connectivity index (χ4v) is 1.95. The number of aliphatic hydroxyl groups is 1. The van der Waals surface area contributed by atoms with Crippen molar-refractivity contribution in [3.8, 4) is 0 Å². The van der Waals surface area contributed by atoms with E-state index in [4.69, 9.17) is 0 Å². The summed E-state index contributed by atoms with van der Waals surface area (Å²) in [5, 5.41) is 27.7. The Morgan fingerprint density at radius 3 is 2.55 bits per heavy atom. The van der Waals surface area contributed by atoms with Crippen LogP contribution in [0, 0.1) is 29.9 Å². The van der Waals surface area contributed by atoms with Gasteiger partial charge in [0, 0.05) is 13.0 Å². The maximum absolute atomic E-state index is 11.8. The third-order valence-electron chi connectivity index (χ3n) is 3.96. The van der Waals surface area contributed by atoms with E-state index in [0.717, 1.165) is 0 Å². The molecule has 1 atom stereocenters. The second kappa shape index (κ2) is 6.87. The minimum absolute atomic E-state index is 0.0110. The van der Waals surface area contributed by atoms with Gasteiger partial charge >= 0.3 is 5.69 Å². The van der Waals surface area contributed by atoms with Crippen molar-refractivity contribution in [3.63, 3.8) is 0 Å². The van der Waals surface area contributed by atoms with Gasteiger partial charge in [-0.05, 0) is 26.7 Å². The summed E-state index contributed by atoms with van der Waals surface area (Å²) in [7, 11) is 0. The molecule has 0 fully saturated rings. The predicted octanol–water partition coefficient (Wildman–Crippen LogP) is 1.32. The highest BCUT2D eigenvalue weighted by molar-refractivity contribution is 5.75. The van der Waals surface area contributed by atoms with Crippen LogP contribution in [-0.4, -0.2) is 37.9 Å². The summed E-state index contributed by atoms with van der Waals surface area (Å²) in [5.41, 5.74) is -0.203. The molecule has 1 aromatic rings. The SMILES string of the molecule is Cc1nn(CCC(=O)NCC(C)(O)C(C)C)c(C)c1[N+](=O)[O-]. The van der Waals surface area contributed by atoms with Crippen molar-refractivity contribution >= 4 is 11.6 Å². The third kappa shape index (κ3) is 4.27. The maximum Gasteiger partial charge on any atom is 0.312 e. The van der Waals surface area contributed by atoms with Crippen molar-refractivity contribution in [2.75, 3.05) is 6.54 Å². The van der Waals surface area contributed by atoms with Crippen LogP contribution in [0.4, 0.5) is 5.69 Å². The van der Waals surface area contributed by atoms with Crippen LogP contribution in [0.5, 0.6) is 0 Å². The van der Waals surface area contributed by atoms with Crippen molar-refractivity contribution in [2.45, 2.75) is 53.2 Å². The van der Waals surface area contributed by atoms with Crippen molar-refractivity contribution in [2.24, 2.45) is 5.92 Å². The number of amides is 1. The number of hydrogen-bond acceptors (Lipinski definition) is 5. The fraction of sp³-hybridized carbons (Fsp3) is 0.714. The number of rotatable bonds is 7. The van der Waals surface area contributed by atoms with E-state index in [1.54, 1.807) is 20.8 Å². The highest BCUT2D eigenvalue weighted by Crippen LogP contribution is 2.21. The molecular formula is C14H24N4O4. The van der Waals surface area contributed by atoms with Gasteiger partial charge in [0.25, 0.3) is 0 Å². The molecule has 22 heavy (non-hydrogen) atoms. The van der Waals surface area contributed by atoms with Crippen LogP contribution < -0.4 is 5.32 Å². The standard InChI is InChI=1S/C14H24N4O4/c1-9(2)14(5,20)8-15-12(19)6-7-17-11(4)13(18(21)22)10(3)16-17/h9,20H,6-8H2,1-5H3,(H,15,19). The molecule has 0 aromatic carbocycles. The number of nitro groups is 1. The van der Waals surface area contributed by atoms with E-state index < -0.39 is 10.5 Å².